The fraction of sp³-hybridized carbons (Fsp3) is 1.00. The second-order valence-electron chi connectivity index (χ2n) is 6.33. The number of hydrogen-bond acceptors (Lipinski definition) is 4. The highest BCUT2D eigenvalue weighted by Gasteiger charge is 2.46. The van der Waals surface area contributed by atoms with Gasteiger partial charge in [-0.25, -0.2) is 0 Å². The lowest BCUT2D eigenvalue weighted by Gasteiger charge is -2.53. The monoisotopic (exact) mass is 253 g/mol. The highest BCUT2D eigenvalue weighted by atomic mass is 16.5. The van der Waals surface area contributed by atoms with E-state index in [1.54, 1.807) is 0 Å². The molecule has 2 aliphatic heterocycles. The fourth-order valence-electron chi connectivity index (χ4n) is 4.16. The van der Waals surface area contributed by atoms with E-state index in [0.29, 0.717) is 12.1 Å². The number of morpholine rings is 1. The maximum absolute atomic E-state index is 6.20. The van der Waals surface area contributed by atoms with Gasteiger partial charge in [0.2, 0.25) is 0 Å². The second-order valence-corrected chi connectivity index (χ2v) is 6.33. The zero-order valence-corrected chi connectivity index (χ0v) is 11.6. The molecule has 2 unspecified atom stereocenters. The Kier molecular flexibility index (Phi) is 3.63. The molecule has 2 heterocycles. The summed E-state index contributed by atoms with van der Waals surface area (Å²) in [6.45, 7) is 5.17. The third kappa shape index (κ3) is 2.09. The summed E-state index contributed by atoms with van der Waals surface area (Å²) in [4.78, 5) is 5.17. The molecule has 0 spiro atoms. The summed E-state index contributed by atoms with van der Waals surface area (Å²) < 4.78 is 5.94. The van der Waals surface area contributed by atoms with Crippen LogP contribution < -0.4 is 5.73 Å². The lowest BCUT2D eigenvalue weighted by molar-refractivity contribution is -0.110. The summed E-state index contributed by atoms with van der Waals surface area (Å²) in [6.07, 6.45) is 6.82. The number of likely N-dealkylation sites (tertiary alicyclic amines) is 1. The van der Waals surface area contributed by atoms with Crippen LogP contribution in [0.3, 0.4) is 0 Å². The van der Waals surface area contributed by atoms with Gasteiger partial charge in [-0.05, 0) is 52.2 Å². The number of nitrogens with two attached hydrogens (primary N) is 1. The zero-order valence-electron chi connectivity index (χ0n) is 11.6. The summed E-state index contributed by atoms with van der Waals surface area (Å²) >= 11 is 0. The molecule has 0 aromatic carbocycles. The van der Waals surface area contributed by atoms with Gasteiger partial charge >= 0.3 is 0 Å². The van der Waals surface area contributed by atoms with Crippen molar-refractivity contribution < 1.29 is 4.74 Å². The number of piperidine rings is 1. The Balaban J connectivity index is 1.77. The molecule has 0 bridgehead atoms. The van der Waals surface area contributed by atoms with Gasteiger partial charge in [-0.15, -0.1) is 0 Å². The number of rotatable bonds is 2. The Morgan fingerprint density at radius 2 is 2.00 bits per heavy atom. The highest BCUT2D eigenvalue weighted by Crippen LogP contribution is 2.38. The van der Waals surface area contributed by atoms with Gasteiger partial charge in [-0.1, -0.05) is 0 Å². The van der Waals surface area contributed by atoms with Gasteiger partial charge < -0.3 is 15.4 Å². The van der Waals surface area contributed by atoms with Crippen LogP contribution in [0.5, 0.6) is 0 Å². The Labute approximate surface area is 110 Å². The van der Waals surface area contributed by atoms with Crippen LogP contribution in [0.1, 0.15) is 32.1 Å². The molecule has 3 fully saturated rings. The Hall–Kier alpha value is -0.160. The molecule has 0 amide bonds. The molecular weight excluding hydrogens is 226 g/mol. The molecular formula is C14H27N3O. The molecule has 3 rings (SSSR count). The third-order valence-corrected chi connectivity index (χ3v) is 5.39. The van der Waals surface area contributed by atoms with Gasteiger partial charge in [0.1, 0.15) is 0 Å². The van der Waals surface area contributed by atoms with Crippen molar-refractivity contribution in [1.29, 1.82) is 0 Å². The first kappa shape index (κ1) is 12.9. The summed E-state index contributed by atoms with van der Waals surface area (Å²) in [5.41, 5.74) is 6.45. The summed E-state index contributed by atoms with van der Waals surface area (Å²) in [5.74, 6) is 0. The predicted octanol–water partition coefficient (Wildman–Crippen LogP) is 0.663. The van der Waals surface area contributed by atoms with Crippen LogP contribution in [0.2, 0.25) is 0 Å². The molecule has 104 valence electrons. The zero-order chi connectivity index (χ0) is 12.6. The first-order valence-corrected chi connectivity index (χ1v) is 7.52. The quantitative estimate of drug-likeness (QED) is 0.785. The summed E-state index contributed by atoms with van der Waals surface area (Å²) in [6, 6.07) is 0.644. The number of hydrogen-bond donors (Lipinski definition) is 1. The fourth-order valence-corrected chi connectivity index (χ4v) is 4.16. The first-order valence-electron chi connectivity index (χ1n) is 7.52. The van der Waals surface area contributed by atoms with Crippen LogP contribution in [-0.2, 0) is 4.74 Å². The third-order valence-electron chi connectivity index (χ3n) is 5.39. The van der Waals surface area contributed by atoms with Crippen molar-refractivity contribution in [3.8, 4) is 0 Å². The van der Waals surface area contributed by atoms with Crippen LogP contribution >= 0.6 is 0 Å². The van der Waals surface area contributed by atoms with E-state index in [-0.39, 0.29) is 5.54 Å². The van der Waals surface area contributed by atoms with Crippen molar-refractivity contribution in [3.05, 3.63) is 0 Å². The molecule has 1 aliphatic carbocycles. The van der Waals surface area contributed by atoms with Gasteiger partial charge in [0.05, 0.1) is 12.7 Å². The number of ether oxygens (including phenoxy) is 1. The molecule has 0 radical (unpaired) electrons. The molecule has 3 aliphatic rings. The van der Waals surface area contributed by atoms with E-state index in [1.165, 1.54) is 45.2 Å². The normalized spacial score (nSPS) is 37.7. The SMILES string of the molecule is CN1CCC(CN)(N2CCOC3CCCC32)CC1. The van der Waals surface area contributed by atoms with Crippen molar-refractivity contribution in [1.82, 2.24) is 9.80 Å². The Morgan fingerprint density at radius 3 is 2.72 bits per heavy atom. The number of nitrogens with zero attached hydrogens (tertiary/aromatic N) is 2. The number of fused-ring (bicyclic) bond motifs is 1. The molecule has 0 aromatic rings. The van der Waals surface area contributed by atoms with E-state index in [1.807, 2.05) is 0 Å². The molecule has 0 aromatic heterocycles. The largest absolute Gasteiger partial charge is 0.375 e. The standard InChI is InChI=1S/C14H27N3O/c1-16-7-5-14(11-15,6-8-16)17-9-10-18-13-4-2-3-12(13)17/h12-13H,2-11,15H2,1H3. The Morgan fingerprint density at radius 1 is 1.22 bits per heavy atom. The Bertz CT molecular complexity index is 289. The topological polar surface area (TPSA) is 41.7 Å². The first-order chi connectivity index (χ1) is 8.75. The smallest absolute Gasteiger partial charge is 0.0731 e. The predicted molar refractivity (Wildman–Crippen MR) is 72.6 cm³/mol. The average Bonchev–Trinajstić information content (AvgIpc) is 2.88. The minimum absolute atomic E-state index is 0.254. The van der Waals surface area contributed by atoms with Crippen molar-refractivity contribution in [2.75, 3.05) is 39.8 Å². The van der Waals surface area contributed by atoms with Gasteiger partial charge in [0.25, 0.3) is 0 Å². The lowest BCUT2D eigenvalue weighted by Crippen LogP contribution is -2.65. The van der Waals surface area contributed by atoms with E-state index in [2.05, 4.69) is 16.8 Å². The summed E-state index contributed by atoms with van der Waals surface area (Å²) in [7, 11) is 2.22. The lowest BCUT2D eigenvalue weighted by atomic mass is 9.83. The molecule has 4 heteroatoms. The molecule has 2 atom stereocenters. The van der Waals surface area contributed by atoms with E-state index in [9.17, 15) is 0 Å². The van der Waals surface area contributed by atoms with Crippen LogP contribution in [0.4, 0.5) is 0 Å². The van der Waals surface area contributed by atoms with E-state index in [0.717, 1.165) is 19.7 Å². The van der Waals surface area contributed by atoms with Crippen molar-refractivity contribution in [3.63, 3.8) is 0 Å². The van der Waals surface area contributed by atoms with Gasteiger partial charge in [-0.3, -0.25) is 4.90 Å². The van der Waals surface area contributed by atoms with Crippen molar-refractivity contribution >= 4 is 0 Å². The van der Waals surface area contributed by atoms with Gasteiger partial charge in [0.15, 0.2) is 0 Å². The van der Waals surface area contributed by atoms with E-state index in [4.69, 9.17) is 10.5 Å². The summed E-state index contributed by atoms with van der Waals surface area (Å²) in [5, 5.41) is 0. The average molecular weight is 253 g/mol. The van der Waals surface area contributed by atoms with Crippen molar-refractivity contribution in [2.24, 2.45) is 5.73 Å². The van der Waals surface area contributed by atoms with E-state index >= 15 is 0 Å². The van der Waals surface area contributed by atoms with Crippen LogP contribution in [0, 0.1) is 0 Å². The van der Waals surface area contributed by atoms with Crippen LogP contribution in [-0.4, -0.2) is 67.3 Å². The molecule has 4 nitrogen and oxygen atoms in total. The van der Waals surface area contributed by atoms with Crippen LogP contribution in [0.15, 0.2) is 0 Å². The molecule has 2 N–H and O–H groups in total. The van der Waals surface area contributed by atoms with E-state index < -0.39 is 0 Å². The van der Waals surface area contributed by atoms with Gasteiger partial charge in [-0.2, -0.15) is 0 Å². The van der Waals surface area contributed by atoms with Crippen molar-refractivity contribution in [2.45, 2.75) is 49.8 Å². The molecule has 18 heavy (non-hydrogen) atoms. The second kappa shape index (κ2) is 5.08. The maximum atomic E-state index is 6.20. The molecule has 1 saturated carbocycles. The van der Waals surface area contributed by atoms with Gasteiger partial charge in [0, 0.05) is 24.7 Å². The van der Waals surface area contributed by atoms with Crippen LogP contribution in [0.25, 0.3) is 0 Å². The minimum atomic E-state index is 0.254. The minimum Gasteiger partial charge on any atom is -0.375 e. The molecule has 2 saturated heterocycles. The highest BCUT2D eigenvalue weighted by molar-refractivity contribution is 5.02. The maximum Gasteiger partial charge on any atom is 0.0731 e.